The summed E-state index contributed by atoms with van der Waals surface area (Å²) in [5, 5.41) is 23.5. The lowest BCUT2D eigenvalue weighted by Gasteiger charge is -2.34. The molecule has 1 aromatic carbocycles. The molecule has 2 fully saturated rings. The SMILES string of the molecule is Cc1ccc([C@H](O)CN2CCC([C@H](O)C(=O)NC3CC3)CC2)cc1. The molecular weight excluding hydrogens is 304 g/mol. The average molecular weight is 332 g/mol. The fourth-order valence-electron chi connectivity index (χ4n) is 3.32. The molecule has 0 radical (unpaired) electrons. The minimum absolute atomic E-state index is 0.0246. The molecule has 0 unspecified atom stereocenters. The molecule has 0 spiro atoms. The van der Waals surface area contributed by atoms with Gasteiger partial charge in [0.1, 0.15) is 6.10 Å². The Balaban J connectivity index is 1.44. The maximum absolute atomic E-state index is 11.9. The molecule has 132 valence electrons. The van der Waals surface area contributed by atoms with Crippen LogP contribution in [0, 0.1) is 12.8 Å². The number of rotatable bonds is 6. The molecule has 3 N–H and O–H groups in total. The highest BCUT2D eigenvalue weighted by atomic mass is 16.3. The molecule has 0 bridgehead atoms. The number of likely N-dealkylation sites (tertiary alicyclic amines) is 1. The van der Waals surface area contributed by atoms with E-state index in [4.69, 9.17) is 0 Å². The van der Waals surface area contributed by atoms with Crippen LogP contribution < -0.4 is 5.32 Å². The van der Waals surface area contributed by atoms with E-state index in [-0.39, 0.29) is 17.9 Å². The van der Waals surface area contributed by atoms with Gasteiger partial charge in [-0.3, -0.25) is 4.79 Å². The Labute approximate surface area is 143 Å². The summed E-state index contributed by atoms with van der Waals surface area (Å²) in [6.07, 6.45) is 2.27. The normalized spacial score (nSPS) is 22.1. The van der Waals surface area contributed by atoms with Crippen LogP contribution in [0.15, 0.2) is 24.3 Å². The van der Waals surface area contributed by atoms with Gasteiger partial charge in [-0.05, 0) is 57.2 Å². The quantitative estimate of drug-likeness (QED) is 0.736. The van der Waals surface area contributed by atoms with E-state index in [9.17, 15) is 15.0 Å². The van der Waals surface area contributed by atoms with E-state index in [1.807, 2.05) is 31.2 Å². The number of nitrogens with one attached hydrogen (secondary N) is 1. The van der Waals surface area contributed by atoms with Gasteiger partial charge in [-0.25, -0.2) is 0 Å². The molecule has 1 aliphatic carbocycles. The number of hydrogen-bond acceptors (Lipinski definition) is 4. The molecule has 1 saturated heterocycles. The predicted molar refractivity (Wildman–Crippen MR) is 92.5 cm³/mol. The first kappa shape index (κ1) is 17.4. The van der Waals surface area contributed by atoms with Gasteiger partial charge in [0.25, 0.3) is 0 Å². The van der Waals surface area contributed by atoms with E-state index < -0.39 is 12.2 Å². The minimum Gasteiger partial charge on any atom is -0.387 e. The first-order chi connectivity index (χ1) is 11.5. The molecule has 5 nitrogen and oxygen atoms in total. The van der Waals surface area contributed by atoms with Gasteiger partial charge in [0.05, 0.1) is 6.10 Å². The Morgan fingerprint density at radius 1 is 1.17 bits per heavy atom. The number of nitrogens with zero attached hydrogens (tertiary/aromatic N) is 1. The molecule has 24 heavy (non-hydrogen) atoms. The summed E-state index contributed by atoms with van der Waals surface area (Å²) in [6, 6.07) is 8.26. The molecular formula is C19H28N2O3. The van der Waals surface area contributed by atoms with E-state index in [1.54, 1.807) is 0 Å². The number of hydrogen-bond donors (Lipinski definition) is 3. The van der Waals surface area contributed by atoms with E-state index in [1.165, 1.54) is 5.56 Å². The Hall–Kier alpha value is -1.43. The fourth-order valence-corrected chi connectivity index (χ4v) is 3.32. The number of piperidine rings is 1. The topological polar surface area (TPSA) is 72.8 Å². The molecule has 3 rings (SSSR count). The first-order valence-corrected chi connectivity index (χ1v) is 8.98. The Morgan fingerprint density at radius 2 is 1.79 bits per heavy atom. The third-order valence-electron chi connectivity index (χ3n) is 5.16. The highest BCUT2D eigenvalue weighted by molar-refractivity contribution is 5.81. The number of aliphatic hydroxyl groups is 2. The summed E-state index contributed by atoms with van der Waals surface area (Å²) in [6.45, 7) is 4.24. The molecule has 1 amide bonds. The van der Waals surface area contributed by atoms with Gasteiger partial charge in [0, 0.05) is 12.6 Å². The largest absolute Gasteiger partial charge is 0.387 e. The number of aliphatic hydroxyl groups excluding tert-OH is 2. The van der Waals surface area contributed by atoms with Gasteiger partial charge in [-0.2, -0.15) is 0 Å². The maximum atomic E-state index is 11.9. The van der Waals surface area contributed by atoms with Crippen molar-refractivity contribution < 1.29 is 15.0 Å². The number of aryl methyl sites for hydroxylation is 1. The van der Waals surface area contributed by atoms with Crippen molar-refractivity contribution in [3.8, 4) is 0 Å². The molecule has 1 saturated carbocycles. The fraction of sp³-hybridized carbons (Fsp3) is 0.632. The average Bonchev–Trinajstić information content (AvgIpc) is 3.39. The first-order valence-electron chi connectivity index (χ1n) is 8.98. The molecule has 1 aliphatic heterocycles. The van der Waals surface area contributed by atoms with Crippen LogP contribution in [0.1, 0.15) is 42.9 Å². The summed E-state index contributed by atoms with van der Waals surface area (Å²) in [5.41, 5.74) is 2.12. The summed E-state index contributed by atoms with van der Waals surface area (Å²) < 4.78 is 0. The van der Waals surface area contributed by atoms with E-state index in [0.29, 0.717) is 6.54 Å². The van der Waals surface area contributed by atoms with Gasteiger partial charge in [-0.15, -0.1) is 0 Å². The number of amides is 1. The summed E-state index contributed by atoms with van der Waals surface area (Å²) >= 11 is 0. The zero-order valence-electron chi connectivity index (χ0n) is 14.3. The van der Waals surface area contributed by atoms with Crippen LogP contribution in [0.3, 0.4) is 0 Å². The molecule has 1 heterocycles. The number of β-amino-alcohol motifs (C(OH)–C–C–N with tert-alkyl or cyclic N) is 1. The second-order valence-corrected chi connectivity index (χ2v) is 7.29. The third kappa shape index (κ3) is 4.56. The second kappa shape index (κ2) is 7.64. The number of carbonyl (C=O) groups excluding carboxylic acids is 1. The highest BCUT2D eigenvalue weighted by Crippen LogP contribution is 2.25. The standard InChI is InChI=1S/C19H28N2O3/c1-13-2-4-14(5-3-13)17(22)12-21-10-8-15(9-11-21)18(23)19(24)20-16-6-7-16/h2-5,15-18,22-23H,6-12H2,1H3,(H,20,24)/t17-,18+/m1/s1. The highest BCUT2D eigenvalue weighted by Gasteiger charge is 2.33. The minimum atomic E-state index is -0.894. The molecule has 1 aromatic rings. The summed E-state index contributed by atoms with van der Waals surface area (Å²) in [5.74, 6) is -0.188. The van der Waals surface area contributed by atoms with Crippen LogP contribution in [-0.4, -0.2) is 52.8 Å². The van der Waals surface area contributed by atoms with Gasteiger partial charge in [-0.1, -0.05) is 29.8 Å². The van der Waals surface area contributed by atoms with Crippen molar-refractivity contribution in [2.45, 2.75) is 50.9 Å². The van der Waals surface area contributed by atoms with E-state index in [0.717, 1.165) is 44.3 Å². The van der Waals surface area contributed by atoms with Crippen LogP contribution in [0.25, 0.3) is 0 Å². The van der Waals surface area contributed by atoms with Gasteiger partial charge in [0.2, 0.25) is 5.91 Å². The zero-order chi connectivity index (χ0) is 17.1. The van der Waals surface area contributed by atoms with Crippen molar-refractivity contribution in [2.24, 2.45) is 5.92 Å². The molecule has 0 aromatic heterocycles. The van der Waals surface area contributed by atoms with Crippen molar-refractivity contribution in [1.82, 2.24) is 10.2 Å². The van der Waals surface area contributed by atoms with E-state index in [2.05, 4.69) is 10.2 Å². The summed E-state index contributed by atoms with van der Waals surface area (Å²) in [4.78, 5) is 14.2. The lowest BCUT2D eigenvalue weighted by Crippen LogP contribution is -2.45. The second-order valence-electron chi connectivity index (χ2n) is 7.29. The Morgan fingerprint density at radius 3 is 2.38 bits per heavy atom. The molecule has 5 heteroatoms. The lowest BCUT2D eigenvalue weighted by atomic mass is 9.90. The smallest absolute Gasteiger partial charge is 0.249 e. The van der Waals surface area contributed by atoms with E-state index >= 15 is 0 Å². The molecule has 2 atom stereocenters. The zero-order valence-corrected chi connectivity index (χ0v) is 14.3. The third-order valence-corrected chi connectivity index (χ3v) is 5.16. The Kier molecular flexibility index (Phi) is 5.54. The monoisotopic (exact) mass is 332 g/mol. The van der Waals surface area contributed by atoms with Gasteiger partial charge >= 0.3 is 0 Å². The van der Waals surface area contributed by atoms with Crippen molar-refractivity contribution in [2.75, 3.05) is 19.6 Å². The van der Waals surface area contributed by atoms with Crippen LogP contribution in [0.2, 0.25) is 0 Å². The summed E-state index contributed by atoms with van der Waals surface area (Å²) in [7, 11) is 0. The van der Waals surface area contributed by atoms with Crippen molar-refractivity contribution in [3.63, 3.8) is 0 Å². The van der Waals surface area contributed by atoms with Crippen molar-refractivity contribution in [1.29, 1.82) is 0 Å². The van der Waals surface area contributed by atoms with Crippen molar-refractivity contribution >= 4 is 5.91 Å². The van der Waals surface area contributed by atoms with Crippen LogP contribution in [0.5, 0.6) is 0 Å². The lowest BCUT2D eigenvalue weighted by molar-refractivity contribution is -0.133. The van der Waals surface area contributed by atoms with Crippen LogP contribution in [0.4, 0.5) is 0 Å². The Bertz CT molecular complexity index is 548. The van der Waals surface area contributed by atoms with Gasteiger partial charge < -0.3 is 20.4 Å². The predicted octanol–water partition coefficient (Wildman–Crippen LogP) is 1.38. The van der Waals surface area contributed by atoms with Gasteiger partial charge in [0.15, 0.2) is 0 Å². The maximum Gasteiger partial charge on any atom is 0.249 e. The van der Waals surface area contributed by atoms with Crippen molar-refractivity contribution in [3.05, 3.63) is 35.4 Å². The van der Waals surface area contributed by atoms with Crippen LogP contribution >= 0.6 is 0 Å². The molecule has 2 aliphatic rings. The number of carbonyl (C=O) groups is 1. The van der Waals surface area contributed by atoms with Crippen LogP contribution in [-0.2, 0) is 4.79 Å². The number of benzene rings is 1.